The minimum atomic E-state index is 0.0878. The Kier molecular flexibility index (Phi) is 5.76. The summed E-state index contributed by atoms with van der Waals surface area (Å²) in [6.07, 6.45) is 1.25. The van der Waals surface area contributed by atoms with Crippen LogP contribution in [0.1, 0.15) is 49.5 Å². The number of hydrogen-bond donors (Lipinski definition) is 1. The van der Waals surface area contributed by atoms with Gasteiger partial charge in [0.05, 0.1) is 22.8 Å². The molecule has 0 aliphatic heterocycles. The van der Waals surface area contributed by atoms with Gasteiger partial charge in [0.25, 0.3) is 0 Å². The lowest BCUT2D eigenvalue weighted by Crippen LogP contribution is -2.24. The van der Waals surface area contributed by atoms with E-state index in [1.54, 1.807) is 11.3 Å². The van der Waals surface area contributed by atoms with Gasteiger partial charge >= 0.3 is 0 Å². The number of benzene rings is 1. The fourth-order valence-corrected chi connectivity index (χ4v) is 2.89. The smallest absolute Gasteiger partial charge is 0.124 e. The van der Waals surface area contributed by atoms with Gasteiger partial charge in [-0.2, -0.15) is 0 Å². The summed E-state index contributed by atoms with van der Waals surface area (Å²) in [5.74, 6) is 0.937. The Morgan fingerprint density at radius 2 is 2.05 bits per heavy atom. The highest BCUT2D eigenvalue weighted by Gasteiger charge is 2.20. The van der Waals surface area contributed by atoms with Gasteiger partial charge in [0.2, 0.25) is 0 Å². The van der Waals surface area contributed by atoms with Crippen LogP contribution in [0.15, 0.2) is 29.6 Å². The molecule has 0 spiro atoms. The van der Waals surface area contributed by atoms with Crippen molar-refractivity contribution >= 4 is 11.3 Å². The number of ether oxygens (including phenoxy) is 1. The van der Waals surface area contributed by atoms with Gasteiger partial charge in [0.1, 0.15) is 5.75 Å². The minimum absolute atomic E-state index is 0.0878. The van der Waals surface area contributed by atoms with E-state index >= 15 is 0 Å². The largest absolute Gasteiger partial charge is 0.491 e. The molecule has 2 rings (SSSR count). The van der Waals surface area contributed by atoms with Crippen LogP contribution >= 0.6 is 11.3 Å². The first-order chi connectivity index (χ1) is 10.1. The minimum Gasteiger partial charge on any atom is -0.491 e. The number of hydrogen-bond acceptors (Lipinski definition) is 4. The standard InChI is InChI=1S/C17H24N2OS/c1-5-10-18-17(15-11-21-13(4)19-15)14-8-6-7-9-16(14)20-12(2)3/h6-9,11-12,17-18H,5,10H2,1-4H3. The second-order valence-corrected chi connectivity index (χ2v) is 6.45. The van der Waals surface area contributed by atoms with Crippen molar-refractivity contribution in [3.63, 3.8) is 0 Å². The van der Waals surface area contributed by atoms with Crippen molar-refractivity contribution in [2.24, 2.45) is 0 Å². The Morgan fingerprint density at radius 3 is 2.67 bits per heavy atom. The van der Waals surface area contributed by atoms with E-state index in [2.05, 4.69) is 48.6 Å². The van der Waals surface area contributed by atoms with Crippen molar-refractivity contribution in [2.75, 3.05) is 6.54 Å². The highest BCUT2D eigenvalue weighted by molar-refractivity contribution is 7.09. The summed E-state index contributed by atoms with van der Waals surface area (Å²) in [5.41, 5.74) is 2.23. The van der Waals surface area contributed by atoms with Crippen LogP contribution in [0.3, 0.4) is 0 Å². The molecule has 1 aromatic carbocycles. The molecule has 0 saturated heterocycles. The van der Waals surface area contributed by atoms with Gasteiger partial charge in [0.15, 0.2) is 0 Å². The van der Waals surface area contributed by atoms with E-state index in [9.17, 15) is 0 Å². The van der Waals surface area contributed by atoms with Gasteiger partial charge in [-0.15, -0.1) is 11.3 Å². The first-order valence-electron chi connectivity index (χ1n) is 7.52. The maximum absolute atomic E-state index is 5.97. The Morgan fingerprint density at radius 1 is 1.29 bits per heavy atom. The third-order valence-corrected chi connectivity index (χ3v) is 3.92. The zero-order valence-corrected chi connectivity index (χ0v) is 14.0. The second-order valence-electron chi connectivity index (χ2n) is 5.38. The van der Waals surface area contributed by atoms with Crippen LogP contribution < -0.4 is 10.1 Å². The predicted octanol–water partition coefficient (Wildman–Crippen LogP) is 4.33. The van der Waals surface area contributed by atoms with Gasteiger partial charge in [0, 0.05) is 10.9 Å². The Hall–Kier alpha value is -1.39. The molecule has 21 heavy (non-hydrogen) atoms. The highest BCUT2D eigenvalue weighted by Crippen LogP contribution is 2.31. The molecule has 0 fully saturated rings. The van der Waals surface area contributed by atoms with Gasteiger partial charge in [-0.1, -0.05) is 25.1 Å². The molecule has 1 heterocycles. The lowest BCUT2D eigenvalue weighted by atomic mass is 10.0. The van der Waals surface area contributed by atoms with Crippen LogP contribution in [0.2, 0.25) is 0 Å². The van der Waals surface area contributed by atoms with Crippen molar-refractivity contribution in [3.8, 4) is 5.75 Å². The number of aromatic nitrogens is 1. The highest BCUT2D eigenvalue weighted by atomic mass is 32.1. The van der Waals surface area contributed by atoms with Crippen molar-refractivity contribution in [2.45, 2.75) is 46.3 Å². The molecule has 4 heteroatoms. The predicted molar refractivity (Wildman–Crippen MR) is 89.2 cm³/mol. The second kappa shape index (κ2) is 7.57. The molecule has 114 valence electrons. The van der Waals surface area contributed by atoms with E-state index in [1.807, 2.05) is 19.1 Å². The van der Waals surface area contributed by atoms with Crippen molar-refractivity contribution in [1.82, 2.24) is 10.3 Å². The lowest BCUT2D eigenvalue weighted by Gasteiger charge is -2.21. The summed E-state index contributed by atoms with van der Waals surface area (Å²) < 4.78 is 5.97. The third kappa shape index (κ3) is 4.29. The molecule has 1 unspecified atom stereocenters. The molecule has 0 amide bonds. The average Bonchev–Trinajstić information content (AvgIpc) is 2.87. The molecule has 0 bridgehead atoms. The lowest BCUT2D eigenvalue weighted by molar-refractivity contribution is 0.238. The fourth-order valence-electron chi connectivity index (χ4n) is 2.26. The van der Waals surface area contributed by atoms with E-state index < -0.39 is 0 Å². The van der Waals surface area contributed by atoms with Gasteiger partial charge in [-0.25, -0.2) is 4.98 Å². The van der Waals surface area contributed by atoms with E-state index in [-0.39, 0.29) is 12.1 Å². The number of para-hydroxylation sites is 1. The van der Waals surface area contributed by atoms with Crippen LogP contribution in [-0.4, -0.2) is 17.6 Å². The monoisotopic (exact) mass is 304 g/mol. The molecular formula is C17H24N2OS. The number of nitrogens with zero attached hydrogens (tertiary/aromatic N) is 1. The van der Waals surface area contributed by atoms with E-state index in [0.717, 1.165) is 35.0 Å². The Balaban J connectivity index is 2.36. The molecule has 0 saturated carbocycles. The van der Waals surface area contributed by atoms with Crippen LogP contribution in [0.4, 0.5) is 0 Å². The maximum atomic E-state index is 5.97. The van der Waals surface area contributed by atoms with Gasteiger partial charge < -0.3 is 10.1 Å². The first kappa shape index (κ1) is 16.0. The molecule has 0 aliphatic carbocycles. The molecule has 0 aliphatic rings. The SMILES string of the molecule is CCCNC(c1csc(C)n1)c1ccccc1OC(C)C. The number of nitrogens with one attached hydrogen (secondary N) is 1. The molecule has 0 radical (unpaired) electrons. The normalized spacial score (nSPS) is 12.6. The molecule has 1 aromatic heterocycles. The summed E-state index contributed by atoms with van der Waals surface area (Å²) in [5, 5.41) is 6.82. The van der Waals surface area contributed by atoms with Crippen LogP contribution in [0.5, 0.6) is 5.75 Å². The summed E-state index contributed by atoms with van der Waals surface area (Å²) in [4.78, 5) is 4.66. The molecule has 2 aromatic rings. The molecule has 1 N–H and O–H groups in total. The maximum Gasteiger partial charge on any atom is 0.124 e. The van der Waals surface area contributed by atoms with Crippen LogP contribution in [-0.2, 0) is 0 Å². The Labute approximate surface area is 131 Å². The van der Waals surface area contributed by atoms with Gasteiger partial charge in [-0.05, 0) is 39.8 Å². The molecular weight excluding hydrogens is 280 g/mol. The molecule has 1 atom stereocenters. The third-order valence-electron chi connectivity index (χ3n) is 3.12. The Bertz CT molecular complexity index is 565. The number of aryl methyl sites for hydroxylation is 1. The van der Waals surface area contributed by atoms with Crippen LogP contribution in [0, 0.1) is 6.92 Å². The first-order valence-corrected chi connectivity index (χ1v) is 8.40. The average molecular weight is 304 g/mol. The van der Waals surface area contributed by atoms with Crippen LogP contribution in [0.25, 0.3) is 0 Å². The zero-order valence-electron chi connectivity index (χ0n) is 13.2. The van der Waals surface area contributed by atoms with Crippen molar-refractivity contribution < 1.29 is 4.74 Å². The quantitative estimate of drug-likeness (QED) is 0.827. The summed E-state index contributed by atoms with van der Waals surface area (Å²) in [6, 6.07) is 8.33. The zero-order chi connectivity index (χ0) is 15.2. The van der Waals surface area contributed by atoms with E-state index in [0.29, 0.717) is 0 Å². The fraction of sp³-hybridized carbons (Fsp3) is 0.471. The summed E-state index contributed by atoms with van der Waals surface area (Å²) in [6.45, 7) is 9.28. The summed E-state index contributed by atoms with van der Waals surface area (Å²) >= 11 is 1.69. The van der Waals surface area contributed by atoms with Crippen molar-refractivity contribution in [3.05, 3.63) is 45.9 Å². The van der Waals surface area contributed by atoms with Gasteiger partial charge in [-0.3, -0.25) is 0 Å². The van der Waals surface area contributed by atoms with Crippen molar-refractivity contribution in [1.29, 1.82) is 0 Å². The topological polar surface area (TPSA) is 34.2 Å². The molecule has 3 nitrogen and oxygen atoms in total. The summed E-state index contributed by atoms with van der Waals surface area (Å²) in [7, 11) is 0. The number of rotatable bonds is 7. The number of thiazole rings is 1. The van der Waals surface area contributed by atoms with E-state index in [4.69, 9.17) is 4.74 Å². The van der Waals surface area contributed by atoms with E-state index in [1.165, 1.54) is 0 Å².